The molecule has 2 atom stereocenters. The number of hydrogen-bond donors (Lipinski definition) is 2. The molecule has 1 saturated heterocycles. The topological polar surface area (TPSA) is 92.7 Å². The summed E-state index contributed by atoms with van der Waals surface area (Å²) in [4.78, 5) is 11.5. The molecule has 1 aliphatic heterocycles. The molecule has 1 fully saturated rings. The first-order valence-electron chi connectivity index (χ1n) is 5.61. The molecule has 0 bridgehead atoms. The predicted octanol–water partition coefficient (Wildman–Crippen LogP) is 0.239. The molecule has 0 amide bonds. The normalized spacial score (nSPS) is 29.1. The number of allylic oxidation sites excluding steroid dienone is 4. The van der Waals surface area contributed by atoms with E-state index in [4.69, 9.17) is 9.29 Å². The third-order valence-electron chi connectivity index (χ3n) is 3.20. The van der Waals surface area contributed by atoms with E-state index in [9.17, 15) is 13.2 Å². The van der Waals surface area contributed by atoms with E-state index in [1.54, 1.807) is 13.0 Å². The summed E-state index contributed by atoms with van der Waals surface area (Å²) in [7, 11) is -4.45. The summed E-state index contributed by atoms with van der Waals surface area (Å²) >= 11 is 0. The van der Waals surface area contributed by atoms with Crippen molar-refractivity contribution < 1.29 is 22.5 Å². The fourth-order valence-corrected chi connectivity index (χ4v) is 2.80. The molecule has 0 radical (unpaired) electrons. The maximum absolute atomic E-state index is 12.1. The average molecular weight is 273 g/mol. The largest absolute Gasteiger partial charge is 0.365 e. The van der Waals surface area contributed by atoms with Gasteiger partial charge < -0.3 is 4.74 Å². The third kappa shape index (κ3) is 2.69. The van der Waals surface area contributed by atoms with Crippen LogP contribution >= 0.6 is 0 Å². The first-order valence-corrected chi connectivity index (χ1v) is 7.05. The zero-order chi connectivity index (χ0) is 13.3. The van der Waals surface area contributed by atoms with E-state index in [2.05, 4.69) is 5.32 Å². The van der Waals surface area contributed by atoms with E-state index >= 15 is 0 Å². The van der Waals surface area contributed by atoms with Gasteiger partial charge in [-0.3, -0.25) is 14.7 Å². The van der Waals surface area contributed by atoms with Gasteiger partial charge >= 0.3 is 0 Å². The Morgan fingerprint density at radius 2 is 2.22 bits per heavy atom. The van der Waals surface area contributed by atoms with Crippen molar-refractivity contribution in [3.63, 3.8) is 0 Å². The van der Waals surface area contributed by atoms with Crippen molar-refractivity contribution in [3.05, 3.63) is 22.6 Å². The quantitative estimate of drug-likeness (QED) is 0.716. The standard InChI is InChI=1S/C11H15NO5S/c1-7-2-3-10(18(14,15)16)11(13)9(7)4-8-5-17-6-12-8/h2-3,8-9,12H,4-6H2,1H3,(H,14,15,16). The molecule has 1 aliphatic carbocycles. The molecule has 2 unspecified atom stereocenters. The Balaban J connectivity index is 2.20. The maximum atomic E-state index is 12.1. The number of carbonyl (C=O) groups is 1. The van der Waals surface area contributed by atoms with Crippen LogP contribution < -0.4 is 5.32 Å². The maximum Gasteiger partial charge on any atom is 0.298 e. The highest BCUT2D eigenvalue weighted by atomic mass is 32.2. The summed E-state index contributed by atoms with van der Waals surface area (Å²) in [6.07, 6.45) is 3.18. The van der Waals surface area contributed by atoms with Crippen molar-refractivity contribution in [2.45, 2.75) is 19.4 Å². The molecule has 100 valence electrons. The predicted molar refractivity (Wildman–Crippen MR) is 64.2 cm³/mol. The van der Waals surface area contributed by atoms with E-state index in [1.165, 1.54) is 0 Å². The van der Waals surface area contributed by atoms with Crippen LogP contribution in [0, 0.1) is 5.92 Å². The molecular formula is C11H15NO5S. The van der Waals surface area contributed by atoms with Gasteiger partial charge in [0.05, 0.1) is 13.3 Å². The van der Waals surface area contributed by atoms with Crippen molar-refractivity contribution in [3.8, 4) is 0 Å². The minimum absolute atomic E-state index is 0.0306. The lowest BCUT2D eigenvalue weighted by atomic mass is 9.86. The summed E-state index contributed by atoms with van der Waals surface area (Å²) in [6, 6.07) is 0.0306. The molecule has 2 rings (SSSR count). The molecule has 18 heavy (non-hydrogen) atoms. The van der Waals surface area contributed by atoms with Crippen LogP contribution in [-0.4, -0.2) is 38.1 Å². The molecule has 2 N–H and O–H groups in total. The number of rotatable bonds is 3. The van der Waals surface area contributed by atoms with Gasteiger partial charge in [-0.2, -0.15) is 8.42 Å². The van der Waals surface area contributed by atoms with Crippen molar-refractivity contribution in [1.29, 1.82) is 0 Å². The van der Waals surface area contributed by atoms with Crippen LogP contribution in [0.4, 0.5) is 0 Å². The van der Waals surface area contributed by atoms with Gasteiger partial charge in [0.1, 0.15) is 4.91 Å². The van der Waals surface area contributed by atoms with E-state index < -0.39 is 26.7 Å². The van der Waals surface area contributed by atoms with Gasteiger partial charge in [-0.25, -0.2) is 0 Å². The zero-order valence-corrected chi connectivity index (χ0v) is 10.7. The van der Waals surface area contributed by atoms with Gasteiger partial charge in [0.2, 0.25) is 0 Å². The Hall–Kier alpha value is -1.02. The van der Waals surface area contributed by atoms with Crippen molar-refractivity contribution in [2.75, 3.05) is 13.3 Å². The first kappa shape index (κ1) is 13.4. The van der Waals surface area contributed by atoms with Gasteiger partial charge in [0.25, 0.3) is 10.1 Å². The smallest absolute Gasteiger partial charge is 0.298 e. The molecule has 2 aliphatic rings. The molecule has 0 saturated carbocycles. The van der Waals surface area contributed by atoms with Crippen molar-refractivity contribution in [2.24, 2.45) is 5.92 Å². The number of hydrogen-bond acceptors (Lipinski definition) is 5. The Morgan fingerprint density at radius 1 is 1.50 bits per heavy atom. The minimum Gasteiger partial charge on any atom is -0.365 e. The number of Topliss-reactive ketones (excluding diaryl/α,β-unsaturated/α-hetero) is 1. The Morgan fingerprint density at radius 3 is 2.78 bits per heavy atom. The number of ketones is 1. The van der Waals surface area contributed by atoms with Crippen LogP contribution in [0.15, 0.2) is 22.6 Å². The van der Waals surface area contributed by atoms with Gasteiger partial charge in [-0.05, 0) is 19.4 Å². The van der Waals surface area contributed by atoms with Gasteiger partial charge in [-0.15, -0.1) is 0 Å². The molecule has 0 spiro atoms. The van der Waals surface area contributed by atoms with Gasteiger partial charge in [0.15, 0.2) is 5.78 Å². The van der Waals surface area contributed by atoms with Crippen LogP contribution in [0.3, 0.4) is 0 Å². The van der Waals surface area contributed by atoms with Crippen LogP contribution in [0.1, 0.15) is 13.3 Å². The molecule has 1 heterocycles. The molecule has 7 heteroatoms. The Kier molecular flexibility index (Phi) is 3.67. The lowest BCUT2D eigenvalue weighted by Crippen LogP contribution is -2.33. The summed E-state index contributed by atoms with van der Waals surface area (Å²) in [5, 5.41) is 3.07. The summed E-state index contributed by atoms with van der Waals surface area (Å²) in [6.45, 7) is 2.72. The van der Waals surface area contributed by atoms with Crippen LogP contribution in [0.25, 0.3) is 0 Å². The molecule has 0 aromatic rings. The third-order valence-corrected chi connectivity index (χ3v) is 4.09. The monoisotopic (exact) mass is 273 g/mol. The SMILES string of the molecule is CC1=CC=C(S(=O)(=O)O)C(=O)C1CC1COCN1. The molecular weight excluding hydrogens is 258 g/mol. The fraction of sp³-hybridized carbons (Fsp3) is 0.545. The molecule has 0 aromatic heterocycles. The highest BCUT2D eigenvalue weighted by molar-refractivity contribution is 7.90. The number of ether oxygens (including phenoxy) is 1. The lowest BCUT2D eigenvalue weighted by molar-refractivity contribution is -0.118. The second kappa shape index (κ2) is 4.93. The second-order valence-electron chi connectivity index (χ2n) is 4.49. The first-order chi connectivity index (χ1) is 8.39. The molecule has 0 aromatic carbocycles. The van der Waals surface area contributed by atoms with E-state index in [-0.39, 0.29) is 6.04 Å². The van der Waals surface area contributed by atoms with E-state index in [0.717, 1.165) is 11.6 Å². The highest BCUT2D eigenvalue weighted by Gasteiger charge is 2.34. The average Bonchev–Trinajstić information content (AvgIpc) is 2.74. The van der Waals surface area contributed by atoms with Crippen LogP contribution in [-0.2, 0) is 19.6 Å². The van der Waals surface area contributed by atoms with Crippen LogP contribution in [0.5, 0.6) is 0 Å². The Bertz CT molecular complexity index is 514. The second-order valence-corrected chi connectivity index (χ2v) is 5.88. The van der Waals surface area contributed by atoms with Gasteiger partial charge in [0, 0.05) is 12.0 Å². The van der Waals surface area contributed by atoms with Crippen molar-refractivity contribution in [1.82, 2.24) is 5.32 Å². The fourth-order valence-electron chi connectivity index (χ4n) is 2.16. The lowest BCUT2D eigenvalue weighted by Gasteiger charge is -2.22. The molecule has 6 nitrogen and oxygen atoms in total. The van der Waals surface area contributed by atoms with Crippen LogP contribution in [0.2, 0.25) is 0 Å². The Labute approximate surface area is 105 Å². The highest BCUT2D eigenvalue weighted by Crippen LogP contribution is 2.28. The summed E-state index contributed by atoms with van der Waals surface area (Å²) in [5.74, 6) is -1.07. The minimum atomic E-state index is -4.45. The number of carbonyl (C=O) groups excluding carboxylic acids is 1. The van der Waals surface area contributed by atoms with E-state index in [1.807, 2.05) is 0 Å². The van der Waals surface area contributed by atoms with Crippen molar-refractivity contribution >= 4 is 15.9 Å². The summed E-state index contributed by atoms with van der Waals surface area (Å²) in [5.41, 5.74) is 0.793. The van der Waals surface area contributed by atoms with Gasteiger partial charge in [-0.1, -0.05) is 11.6 Å². The summed E-state index contributed by atoms with van der Waals surface area (Å²) < 4.78 is 36.3. The van der Waals surface area contributed by atoms with E-state index in [0.29, 0.717) is 19.8 Å². The zero-order valence-electron chi connectivity index (χ0n) is 9.92. The number of nitrogens with one attached hydrogen (secondary N) is 1.